The number of hydrogen-bond donors (Lipinski definition) is 1. The van der Waals surface area contributed by atoms with E-state index >= 15 is 0 Å². The molecule has 0 aromatic heterocycles. The molecule has 1 aromatic carbocycles. The molecule has 0 bridgehead atoms. The highest BCUT2D eigenvalue weighted by Gasteiger charge is 2.16. The summed E-state index contributed by atoms with van der Waals surface area (Å²) in [5.74, 6) is -0.0335. The summed E-state index contributed by atoms with van der Waals surface area (Å²) in [4.78, 5) is 16.2. The van der Waals surface area contributed by atoms with Gasteiger partial charge >= 0.3 is 0 Å². The van der Waals surface area contributed by atoms with Gasteiger partial charge in [-0.05, 0) is 38.0 Å². The Morgan fingerprint density at radius 1 is 1.35 bits per heavy atom. The zero-order valence-corrected chi connectivity index (χ0v) is 9.89. The summed E-state index contributed by atoms with van der Waals surface area (Å²) in [6.45, 7) is 2.02. The van der Waals surface area contributed by atoms with Crippen molar-refractivity contribution in [1.29, 1.82) is 0 Å². The van der Waals surface area contributed by atoms with E-state index in [1.165, 1.54) is 5.56 Å². The van der Waals surface area contributed by atoms with Gasteiger partial charge in [-0.2, -0.15) is 0 Å². The lowest BCUT2D eigenvalue weighted by Crippen LogP contribution is -2.26. The van der Waals surface area contributed by atoms with Crippen molar-refractivity contribution in [3.63, 3.8) is 0 Å². The van der Waals surface area contributed by atoms with E-state index in [1.54, 1.807) is 6.21 Å². The van der Waals surface area contributed by atoms with Crippen LogP contribution in [0.3, 0.4) is 0 Å². The van der Waals surface area contributed by atoms with E-state index in [9.17, 15) is 4.79 Å². The summed E-state index contributed by atoms with van der Waals surface area (Å²) < 4.78 is 0. The van der Waals surface area contributed by atoms with Crippen LogP contribution >= 0.6 is 0 Å². The van der Waals surface area contributed by atoms with Crippen LogP contribution in [0.25, 0.3) is 0 Å². The van der Waals surface area contributed by atoms with Gasteiger partial charge in [0, 0.05) is 11.9 Å². The van der Waals surface area contributed by atoms with Gasteiger partial charge in [0.15, 0.2) is 0 Å². The van der Waals surface area contributed by atoms with Crippen molar-refractivity contribution in [3.05, 3.63) is 42.0 Å². The van der Waals surface area contributed by atoms with Gasteiger partial charge in [0.1, 0.15) is 6.04 Å². The maximum Gasteiger partial charge on any atom is 0.249 e. The summed E-state index contributed by atoms with van der Waals surface area (Å²) in [5, 5.41) is 2.89. The molecule has 1 aliphatic heterocycles. The molecule has 0 saturated carbocycles. The number of carbonyl (C=O) groups is 1. The molecule has 1 amide bonds. The molecule has 0 spiro atoms. The molecule has 1 heterocycles. The van der Waals surface area contributed by atoms with Gasteiger partial charge in [-0.25, -0.2) is 0 Å². The largest absolute Gasteiger partial charge is 0.324 e. The van der Waals surface area contributed by atoms with Gasteiger partial charge in [0.25, 0.3) is 0 Å². The fourth-order valence-electron chi connectivity index (χ4n) is 1.70. The molecule has 3 heteroatoms. The second-order valence-electron chi connectivity index (χ2n) is 4.17. The Morgan fingerprint density at radius 2 is 2.12 bits per heavy atom. The summed E-state index contributed by atoms with van der Waals surface area (Å²) in [7, 11) is 0. The van der Waals surface area contributed by atoms with E-state index in [1.807, 2.05) is 43.3 Å². The zero-order chi connectivity index (χ0) is 12.1. The first-order valence-electron chi connectivity index (χ1n) is 5.81. The van der Waals surface area contributed by atoms with Crippen LogP contribution < -0.4 is 5.32 Å². The molecule has 3 nitrogen and oxygen atoms in total. The molecule has 1 N–H and O–H groups in total. The number of nitrogens with one attached hydrogen (secondary N) is 1. The highest BCUT2D eigenvalue weighted by atomic mass is 16.2. The van der Waals surface area contributed by atoms with Gasteiger partial charge < -0.3 is 5.32 Å². The van der Waals surface area contributed by atoms with Crippen LogP contribution in [-0.4, -0.2) is 18.2 Å². The highest BCUT2D eigenvalue weighted by molar-refractivity contribution is 5.96. The third-order valence-electron chi connectivity index (χ3n) is 2.72. The second-order valence-corrected chi connectivity index (χ2v) is 4.17. The summed E-state index contributed by atoms with van der Waals surface area (Å²) >= 11 is 0. The third kappa shape index (κ3) is 3.28. The fraction of sp³-hybridized carbons (Fsp3) is 0.286. The molecule has 0 aliphatic carbocycles. The van der Waals surface area contributed by atoms with Crippen molar-refractivity contribution in [2.75, 3.05) is 5.32 Å². The van der Waals surface area contributed by atoms with Crippen LogP contribution in [0, 0.1) is 6.92 Å². The standard InChI is InChI=1S/C14H16N2O/c1-11-6-8-12(9-7-11)16-14(17)13-5-3-2-4-10-15-13/h2,4,6-10,13H,3,5H2,1H3,(H,16,17). The number of aryl methyl sites for hydroxylation is 1. The van der Waals surface area contributed by atoms with Gasteiger partial charge in [-0.1, -0.05) is 23.8 Å². The molecular formula is C14H16N2O. The Hall–Kier alpha value is -1.90. The number of hydrogen-bond acceptors (Lipinski definition) is 2. The number of rotatable bonds is 2. The lowest BCUT2D eigenvalue weighted by molar-refractivity contribution is -0.117. The maximum absolute atomic E-state index is 12.0. The predicted molar refractivity (Wildman–Crippen MR) is 70.5 cm³/mol. The average Bonchev–Trinajstić information content (AvgIpc) is 2.61. The fourth-order valence-corrected chi connectivity index (χ4v) is 1.70. The Balaban J connectivity index is 1.99. The van der Waals surface area contributed by atoms with Crippen molar-refractivity contribution in [3.8, 4) is 0 Å². The quantitative estimate of drug-likeness (QED) is 0.830. The van der Waals surface area contributed by atoms with E-state index < -0.39 is 0 Å². The van der Waals surface area contributed by atoms with Crippen molar-refractivity contribution in [2.24, 2.45) is 4.99 Å². The molecule has 88 valence electrons. The molecule has 1 atom stereocenters. The number of benzene rings is 1. The minimum Gasteiger partial charge on any atom is -0.324 e. The summed E-state index contributed by atoms with van der Waals surface area (Å²) in [6, 6.07) is 7.50. The number of nitrogens with zero attached hydrogens (tertiary/aromatic N) is 1. The van der Waals surface area contributed by atoms with E-state index in [0.717, 1.165) is 18.5 Å². The molecule has 17 heavy (non-hydrogen) atoms. The highest BCUT2D eigenvalue weighted by Crippen LogP contribution is 2.12. The number of amides is 1. The minimum absolute atomic E-state index is 0.0335. The van der Waals surface area contributed by atoms with Gasteiger partial charge in [-0.15, -0.1) is 0 Å². The normalized spacial score (nSPS) is 18.8. The number of aliphatic imine (C=N–C) groups is 1. The Bertz CT molecular complexity index is 446. The summed E-state index contributed by atoms with van der Waals surface area (Å²) in [5.41, 5.74) is 2.01. The first kappa shape index (κ1) is 11.6. The van der Waals surface area contributed by atoms with E-state index in [4.69, 9.17) is 0 Å². The van der Waals surface area contributed by atoms with Crippen LogP contribution in [0.5, 0.6) is 0 Å². The number of anilines is 1. The van der Waals surface area contributed by atoms with E-state index in [-0.39, 0.29) is 11.9 Å². The zero-order valence-electron chi connectivity index (χ0n) is 9.89. The second kappa shape index (κ2) is 5.43. The third-order valence-corrected chi connectivity index (χ3v) is 2.72. The predicted octanol–water partition coefficient (Wildman–Crippen LogP) is 2.72. The number of carbonyl (C=O) groups excluding carboxylic acids is 1. The van der Waals surface area contributed by atoms with Gasteiger partial charge in [0.05, 0.1) is 0 Å². The van der Waals surface area contributed by atoms with Crippen molar-refractivity contribution in [1.82, 2.24) is 0 Å². The first-order valence-corrected chi connectivity index (χ1v) is 5.81. The molecule has 0 fully saturated rings. The number of allylic oxidation sites excluding steroid dienone is 2. The Labute approximate surface area is 101 Å². The van der Waals surface area contributed by atoms with E-state index in [2.05, 4.69) is 10.3 Å². The van der Waals surface area contributed by atoms with Crippen molar-refractivity contribution < 1.29 is 4.79 Å². The first-order chi connectivity index (χ1) is 8.25. The Kier molecular flexibility index (Phi) is 3.70. The van der Waals surface area contributed by atoms with Crippen LogP contribution in [0.1, 0.15) is 18.4 Å². The molecular weight excluding hydrogens is 212 g/mol. The van der Waals surface area contributed by atoms with Crippen LogP contribution in [0.15, 0.2) is 41.4 Å². The van der Waals surface area contributed by atoms with Crippen LogP contribution in [0.4, 0.5) is 5.69 Å². The van der Waals surface area contributed by atoms with Gasteiger partial charge in [0.2, 0.25) is 5.91 Å². The van der Waals surface area contributed by atoms with Gasteiger partial charge in [-0.3, -0.25) is 9.79 Å². The Morgan fingerprint density at radius 3 is 2.88 bits per heavy atom. The smallest absolute Gasteiger partial charge is 0.249 e. The monoisotopic (exact) mass is 228 g/mol. The molecule has 2 rings (SSSR count). The summed E-state index contributed by atoms with van der Waals surface area (Å²) in [6.07, 6.45) is 7.28. The molecule has 1 unspecified atom stereocenters. The van der Waals surface area contributed by atoms with Crippen LogP contribution in [0.2, 0.25) is 0 Å². The maximum atomic E-state index is 12.0. The molecule has 0 radical (unpaired) electrons. The van der Waals surface area contributed by atoms with Crippen LogP contribution in [-0.2, 0) is 4.79 Å². The minimum atomic E-state index is -0.272. The van der Waals surface area contributed by atoms with Crippen molar-refractivity contribution >= 4 is 17.8 Å². The lowest BCUT2D eigenvalue weighted by Gasteiger charge is -2.11. The van der Waals surface area contributed by atoms with E-state index in [0.29, 0.717) is 0 Å². The average molecular weight is 228 g/mol. The topological polar surface area (TPSA) is 41.5 Å². The van der Waals surface area contributed by atoms with Crippen molar-refractivity contribution in [2.45, 2.75) is 25.8 Å². The molecule has 1 aromatic rings. The molecule has 1 aliphatic rings. The lowest BCUT2D eigenvalue weighted by atomic mass is 10.1. The SMILES string of the molecule is Cc1ccc(NC(=O)C2CCC=CC=N2)cc1. The molecule has 0 saturated heterocycles.